The molecule has 0 aliphatic heterocycles. The minimum absolute atomic E-state index is 0.0786. The lowest BCUT2D eigenvalue weighted by Gasteiger charge is -2.12. The molecule has 1 N–H and O–H groups in total. The molecular formula is C19H20N4O2. The van der Waals surface area contributed by atoms with Crippen molar-refractivity contribution in [3.05, 3.63) is 59.2 Å². The second kappa shape index (κ2) is 6.76. The Labute approximate surface area is 146 Å². The maximum absolute atomic E-state index is 12.3. The van der Waals surface area contributed by atoms with Crippen LogP contribution in [0.25, 0.3) is 11.5 Å². The fourth-order valence-electron chi connectivity index (χ4n) is 2.35. The summed E-state index contributed by atoms with van der Waals surface area (Å²) >= 11 is 0. The number of hydrogen-bond donors (Lipinski definition) is 1. The number of carbonyl (C=O) groups is 1. The molecule has 0 spiro atoms. The lowest BCUT2D eigenvalue weighted by Crippen LogP contribution is -2.13. The first-order chi connectivity index (χ1) is 11.9. The Bertz CT molecular complexity index is 898. The van der Waals surface area contributed by atoms with Crippen LogP contribution in [0.4, 0.5) is 11.7 Å². The van der Waals surface area contributed by atoms with Crippen LogP contribution in [0.2, 0.25) is 0 Å². The molecule has 2 aromatic carbocycles. The maximum atomic E-state index is 12.3. The molecular weight excluding hydrogens is 316 g/mol. The molecule has 1 aromatic heterocycles. The molecule has 6 heteroatoms. The van der Waals surface area contributed by atoms with Gasteiger partial charge in [-0.25, -0.2) is 0 Å². The van der Waals surface area contributed by atoms with Gasteiger partial charge in [-0.3, -0.25) is 10.1 Å². The molecule has 0 bridgehead atoms. The number of hydrogen-bond acceptors (Lipinski definition) is 5. The third-order valence-corrected chi connectivity index (χ3v) is 4.05. The molecule has 3 aromatic rings. The van der Waals surface area contributed by atoms with E-state index in [2.05, 4.69) is 15.5 Å². The second-order valence-corrected chi connectivity index (χ2v) is 6.11. The minimum Gasteiger partial charge on any atom is -0.403 e. The van der Waals surface area contributed by atoms with Crippen LogP contribution in [0.3, 0.4) is 0 Å². The Balaban J connectivity index is 1.74. The molecule has 6 nitrogen and oxygen atoms in total. The minimum atomic E-state index is -0.291. The highest BCUT2D eigenvalue weighted by atomic mass is 16.4. The van der Waals surface area contributed by atoms with Crippen molar-refractivity contribution in [3.63, 3.8) is 0 Å². The molecule has 0 radical (unpaired) electrons. The van der Waals surface area contributed by atoms with Crippen LogP contribution in [0.15, 0.2) is 46.9 Å². The predicted molar refractivity (Wildman–Crippen MR) is 97.9 cm³/mol. The zero-order valence-electron chi connectivity index (χ0n) is 14.7. The van der Waals surface area contributed by atoms with E-state index in [9.17, 15) is 4.79 Å². The number of rotatable bonds is 4. The molecule has 0 aliphatic rings. The smallest absolute Gasteiger partial charge is 0.322 e. The fraction of sp³-hybridized carbons (Fsp3) is 0.211. The van der Waals surface area contributed by atoms with Crippen LogP contribution in [0.1, 0.15) is 21.5 Å². The van der Waals surface area contributed by atoms with Gasteiger partial charge in [0.15, 0.2) is 0 Å². The summed E-state index contributed by atoms with van der Waals surface area (Å²) in [7, 11) is 3.89. The number of carbonyl (C=O) groups excluding carboxylic acids is 1. The predicted octanol–water partition coefficient (Wildman–Crippen LogP) is 3.67. The Morgan fingerprint density at radius 3 is 2.36 bits per heavy atom. The summed E-state index contributed by atoms with van der Waals surface area (Å²) in [6, 6.07) is 13.2. The Kier molecular flexibility index (Phi) is 4.52. The van der Waals surface area contributed by atoms with Gasteiger partial charge in [0.2, 0.25) is 5.89 Å². The molecule has 1 amide bonds. The van der Waals surface area contributed by atoms with Gasteiger partial charge in [0.05, 0.1) is 0 Å². The van der Waals surface area contributed by atoms with Crippen molar-refractivity contribution in [3.8, 4) is 11.5 Å². The van der Waals surface area contributed by atoms with Crippen molar-refractivity contribution in [2.75, 3.05) is 24.3 Å². The van der Waals surface area contributed by atoms with E-state index in [1.165, 1.54) is 5.56 Å². The van der Waals surface area contributed by atoms with Crippen molar-refractivity contribution in [1.29, 1.82) is 0 Å². The van der Waals surface area contributed by atoms with Gasteiger partial charge in [0.1, 0.15) is 0 Å². The lowest BCUT2D eigenvalue weighted by atomic mass is 10.1. The van der Waals surface area contributed by atoms with Crippen LogP contribution >= 0.6 is 0 Å². The molecule has 0 atom stereocenters. The van der Waals surface area contributed by atoms with Gasteiger partial charge in [0, 0.05) is 30.9 Å². The zero-order chi connectivity index (χ0) is 18.0. The van der Waals surface area contributed by atoms with Crippen molar-refractivity contribution >= 4 is 17.6 Å². The van der Waals surface area contributed by atoms with Crippen molar-refractivity contribution in [2.45, 2.75) is 13.8 Å². The summed E-state index contributed by atoms with van der Waals surface area (Å²) in [6.45, 7) is 4.06. The van der Waals surface area contributed by atoms with Crippen molar-refractivity contribution < 1.29 is 9.21 Å². The van der Waals surface area contributed by atoms with Gasteiger partial charge in [-0.15, -0.1) is 5.10 Å². The lowest BCUT2D eigenvalue weighted by molar-refractivity contribution is 0.102. The molecule has 128 valence electrons. The van der Waals surface area contributed by atoms with Gasteiger partial charge in [0.25, 0.3) is 5.91 Å². The van der Waals surface area contributed by atoms with E-state index < -0.39 is 0 Å². The molecule has 0 saturated carbocycles. The molecule has 0 unspecified atom stereocenters. The maximum Gasteiger partial charge on any atom is 0.322 e. The largest absolute Gasteiger partial charge is 0.403 e. The summed E-state index contributed by atoms with van der Waals surface area (Å²) in [6.07, 6.45) is 0. The van der Waals surface area contributed by atoms with Crippen LogP contribution in [0.5, 0.6) is 0 Å². The van der Waals surface area contributed by atoms with E-state index in [4.69, 9.17) is 4.42 Å². The van der Waals surface area contributed by atoms with Crippen LogP contribution in [-0.2, 0) is 0 Å². The molecule has 0 aliphatic carbocycles. The fourth-order valence-corrected chi connectivity index (χ4v) is 2.35. The quantitative estimate of drug-likeness (QED) is 0.787. The van der Waals surface area contributed by atoms with Crippen LogP contribution in [0, 0.1) is 13.8 Å². The van der Waals surface area contributed by atoms with E-state index in [0.717, 1.165) is 16.8 Å². The van der Waals surface area contributed by atoms with E-state index in [0.29, 0.717) is 11.5 Å². The Morgan fingerprint density at radius 1 is 1.00 bits per heavy atom. The molecule has 1 heterocycles. The standard InChI is InChI=1S/C19H20N4O2/c1-12-5-6-15(11-13(12)2)18-21-22-19(25-18)20-17(24)14-7-9-16(10-8-14)23(3)4/h5-11H,1-4H3,(H,20,22,24). The summed E-state index contributed by atoms with van der Waals surface area (Å²) in [5.74, 6) is 0.0851. The van der Waals surface area contributed by atoms with Gasteiger partial charge in [-0.2, -0.15) is 0 Å². The van der Waals surface area contributed by atoms with Crippen LogP contribution in [-0.4, -0.2) is 30.2 Å². The number of benzene rings is 2. The number of aryl methyl sites for hydroxylation is 2. The van der Waals surface area contributed by atoms with Crippen LogP contribution < -0.4 is 10.2 Å². The van der Waals surface area contributed by atoms with Gasteiger partial charge >= 0.3 is 6.01 Å². The molecule has 0 saturated heterocycles. The first-order valence-corrected chi connectivity index (χ1v) is 7.94. The summed E-state index contributed by atoms with van der Waals surface area (Å²) in [5.41, 5.74) is 4.70. The number of aromatic nitrogens is 2. The summed E-state index contributed by atoms with van der Waals surface area (Å²) in [4.78, 5) is 14.3. The highest BCUT2D eigenvalue weighted by Gasteiger charge is 2.13. The van der Waals surface area contributed by atoms with E-state index in [-0.39, 0.29) is 11.9 Å². The highest BCUT2D eigenvalue weighted by Crippen LogP contribution is 2.22. The number of anilines is 2. The Hall–Kier alpha value is -3.15. The van der Waals surface area contributed by atoms with Crippen molar-refractivity contribution in [1.82, 2.24) is 10.2 Å². The highest BCUT2D eigenvalue weighted by molar-refractivity contribution is 6.03. The zero-order valence-corrected chi connectivity index (χ0v) is 14.7. The van der Waals surface area contributed by atoms with Gasteiger partial charge in [-0.05, 0) is 61.4 Å². The van der Waals surface area contributed by atoms with Gasteiger partial charge < -0.3 is 9.32 Å². The third kappa shape index (κ3) is 3.68. The average Bonchev–Trinajstić information content (AvgIpc) is 3.06. The van der Waals surface area contributed by atoms with Crippen molar-refractivity contribution in [2.24, 2.45) is 0 Å². The first kappa shape index (κ1) is 16.7. The Morgan fingerprint density at radius 2 is 1.72 bits per heavy atom. The van der Waals surface area contributed by atoms with E-state index in [1.54, 1.807) is 12.1 Å². The summed E-state index contributed by atoms with van der Waals surface area (Å²) in [5, 5.41) is 10.5. The van der Waals surface area contributed by atoms with E-state index in [1.807, 2.05) is 63.2 Å². The van der Waals surface area contributed by atoms with Gasteiger partial charge in [-0.1, -0.05) is 11.2 Å². The molecule has 25 heavy (non-hydrogen) atoms. The average molecular weight is 336 g/mol. The monoisotopic (exact) mass is 336 g/mol. The molecule has 3 rings (SSSR count). The topological polar surface area (TPSA) is 71.3 Å². The summed E-state index contributed by atoms with van der Waals surface area (Å²) < 4.78 is 5.56. The number of nitrogens with zero attached hydrogens (tertiary/aromatic N) is 3. The first-order valence-electron chi connectivity index (χ1n) is 7.94. The third-order valence-electron chi connectivity index (χ3n) is 4.05. The normalized spacial score (nSPS) is 10.6. The number of amides is 1. The SMILES string of the molecule is Cc1ccc(-c2nnc(NC(=O)c3ccc(N(C)C)cc3)o2)cc1C. The second-order valence-electron chi connectivity index (χ2n) is 6.11. The van der Waals surface area contributed by atoms with E-state index >= 15 is 0 Å². The molecule has 0 fully saturated rings. The number of nitrogens with one attached hydrogen (secondary N) is 1.